The number of carbonyl (C=O) groups excluding carboxylic acids is 3. The summed E-state index contributed by atoms with van der Waals surface area (Å²) in [7, 11) is 1.47. The molecule has 0 aromatic heterocycles. The van der Waals surface area contributed by atoms with Gasteiger partial charge in [0.15, 0.2) is 5.11 Å². The summed E-state index contributed by atoms with van der Waals surface area (Å²) < 4.78 is 24.7. The molecule has 11 heteroatoms. The molecule has 0 aliphatic carbocycles. The second-order valence-electron chi connectivity index (χ2n) is 8.56. The van der Waals surface area contributed by atoms with E-state index in [0.717, 1.165) is 0 Å². The standard InChI is InChI=1S/C28H25ClFN3O5S/c1-3-38-27(36)17-8-10-19(11-9-17)31-25(34)15-23-26(35)33(20-12-13-24(37-2)21(29)14-20)28(39)32(23)16-18-6-4-5-7-22(18)30/h4-14,23H,3,15-16H2,1-2H3,(H,31,34)/t23-/m0/s1. The molecule has 0 unspecified atom stereocenters. The van der Waals surface area contributed by atoms with Gasteiger partial charge >= 0.3 is 5.97 Å². The molecule has 0 radical (unpaired) electrons. The Bertz CT molecular complexity index is 1420. The van der Waals surface area contributed by atoms with Gasteiger partial charge in [-0.05, 0) is 67.7 Å². The molecule has 0 saturated carbocycles. The maximum absolute atomic E-state index is 14.5. The third-order valence-electron chi connectivity index (χ3n) is 6.07. The van der Waals surface area contributed by atoms with Crippen molar-refractivity contribution in [1.82, 2.24) is 4.90 Å². The highest BCUT2D eigenvalue weighted by Gasteiger charge is 2.44. The second kappa shape index (κ2) is 12.2. The molecule has 1 N–H and O–H groups in total. The van der Waals surface area contributed by atoms with Crippen LogP contribution in [0.5, 0.6) is 5.75 Å². The third-order valence-corrected chi connectivity index (χ3v) is 6.78. The first-order valence-electron chi connectivity index (χ1n) is 12.0. The molecule has 0 bridgehead atoms. The van der Waals surface area contributed by atoms with Gasteiger partial charge in [0, 0.05) is 17.8 Å². The average molecular weight is 570 g/mol. The highest BCUT2D eigenvalue weighted by Crippen LogP contribution is 2.34. The number of nitrogens with one attached hydrogen (secondary N) is 1. The number of methoxy groups -OCH3 is 1. The summed E-state index contributed by atoms with van der Waals surface area (Å²) in [5, 5.41) is 3.12. The van der Waals surface area contributed by atoms with Crippen LogP contribution in [0.4, 0.5) is 15.8 Å². The van der Waals surface area contributed by atoms with E-state index in [1.54, 1.807) is 55.5 Å². The molecule has 1 saturated heterocycles. The molecule has 1 atom stereocenters. The van der Waals surface area contributed by atoms with Crippen LogP contribution in [-0.4, -0.2) is 47.6 Å². The predicted molar refractivity (Wildman–Crippen MR) is 149 cm³/mol. The lowest BCUT2D eigenvalue weighted by molar-refractivity contribution is -0.124. The Kier molecular flexibility index (Phi) is 8.78. The van der Waals surface area contributed by atoms with E-state index >= 15 is 0 Å². The van der Waals surface area contributed by atoms with E-state index in [9.17, 15) is 18.8 Å². The van der Waals surface area contributed by atoms with E-state index in [2.05, 4.69) is 5.32 Å². The molecule has 0 spiro atoms. The van der Waals surface area contributed by atoms with Crippen LogP contribution >= 0.6 is 23.8 Å². The minimum atomic E-state index is -1.00. The average Bonchev–Trinajstić information content (AvgIpc) is 3.14. The fourth-order valence-electron chi connectivity index (χ4n) is 4.15. The summed E-state index contributed by atoms with van der Waals surface area (Å²) in [5.41, 5.74) is 1.49. The van der Waals surface area contributed by atoms with E-state index < -0.39 is 29.6 Å². The van der Waals surface area contributed by atoms with Crippen LogP contribution in [-0.2, 0) is 20.9 Å². The van der Waals surface area contributed by atoms with Crippen molar-refractivity contribution in [2.75, 3.05) is 23.9 Å². The monoisotopic (exact) mass is 569 g/mol. The van der Waals surface area contributed by atoms with E-state index in [1.165, 1.54) is 35.1 Å². The van der Waals surface area contributed by atoms with E-state index in [1.807, 2.05) is 0 Å². The molecule has 39 heavy (non-hydrogen) atoms. The number of esters is 1. The number of carbonyl (C=O) groups is 3. The first-order valence-corrected chi connectivity index (χ1v) is 12.8. The van der Waals surface area contributed by atoms with Crippen LogP contribution in [0.3, 0.4) is 0 Å². The number of hydrogen-bond acceptors (Lipinski definition) is 6. The van der Waals surface area contributed by atoms with Gasteiger partial charge in [-0.3, -0.25) is 14.5 Å². The zero-order valence-corrected chi connectivity index (χ0v) is 22.7. The fourth-order valence-corrected chi connectivity index (χ4v) is 4.79. The molecule has 3 aromatic rings. The molecule has 2 amide bonds. The number of thiocarbonyl (C=S) groups is 1. The summed E-state index contributed by atoms with van der Waals surface area (Å²) >= 11 is 11.9. The molecule has 1 aliphatic heterocycles. The van der Waals surface area contributed by atoms with Gasteiger partial charge < -0.3 is 19.7 Å². The second-order valence-corrected chi connectivity index (χ2v) is 9.33. The number of rotatable bonds is 9. The normalized spacial score (nSPS) is 14.9. The van der Waals surface area contributed by atoms with Gasteiger partial charge in [-0.2, -0.15) is 0 Å². The van der Waals surface area contributed by atoms with E-state index in [4.69, 9.17) is 33.3 Å². The number of halogens is 2. The number of benzene rings is 3. The summed E-state index contributed by atoms with van der Waals surface area (Å²) in [6, 6.07) is 16.1. The molecule has 1 heterocycles. The topological polar surface area (TPSA) is 88.2 Å². The van der Waals surface area contributed by atoms with E-state index in [0.29, 0.717) is 28.3 Å². The third kappa shape index (κ3) is 6.18. The molecule has 1 aliphatic rings. The van der Waals surface area contributed by atoms with Crippen LogP contribution in [0, 0.1) is 5.82 Å². The van der Waals surface area contributed by atoms with Gasteiger partial charge in [-0.15, -0.1) is 0 Å². The summed E-state index contributed by atoms with van der Waals surface area (Å²) in [6.45, 7) is 1.93. The Hall–Kier alpha value is -4.02. The minimum absolute atomic E-state index is 0.0240. The van der Waals surface area contributed by atoms with Gasteiger partial charge in [0.2, 0.25) is 5.91 Å². The van der Waals surface area contributed by atoms with Gasteiger partial charge in [-0.25, -0.2) is 9.18 Å². The predicted octanol–water partition coefficient (Wildman–Crippen LogP) is 5.20. The number of hydrogen-bond donors (Lipinski definition) is 1. The van der Waals surface area contributed by atoms with Crippen molar-refractivity contribution in [2.45, 2.75) is 25.9 Å². The van der Waals surface area contributed by atoms with Crippen LogP contribution in [0.1, 0.15) is 29.3 Å². The Morgan fingerprint density at radius 2 is 1.82 bits per heavy atom. The first kappa shape index (κ1) is 28.0. The zero-order chi connectivity index (χ0) is 28.1. The Morgan fingerprint density at radius 3 is 2.46 bits per heavy atom. The maximum Gasteiger partial charge on any atom is 0.338 e. The van der Waals surface area contributed by atoms with Crippen molar-refractivity contribution in [3.63, 3.8) is 0 Å². The van der Waals surface area contributed by atoms with Crippen molar-refractivity contribution < 1.29 is 28.2 Å². The van der Waals surface area contributed by atoms with Crippen molar-refractivity contribution in [1.29, 1.82) is 0 Å². The molecule has 4 rings (SSSR count). The number of nitrogens with zero attached hydrogens (tertiary/aromatic N) is 2. The van der Waals surface area contributed by atoms with Crippen LogP contribution < -0.4 is 15.0 Å². The lowest BCUT2D eigenvalue weighted by Crippen LogP contribution is -2.37. The Labute approximate surface area is 235 Å². The quantitative estimate of drug-likeness (QED) is 0.280. The highest BCUT2D eigenvalue weighted by molar-refractivity contribution is 7.80. The molecule has 202 valence electrons. The van der Waals surface area contributed by atoms with Crippen molar-refractivity contribution in [2.24, 2.45) is 0 Å². The lowest BCUT2D eigenvalue weighted by atomic mass is 10.1. The number of amides is 2. The number of ether oxygens (including phenoxy) is 2. The van der Waals surface area contributed by atoms with Gasteiger partial charge in [0.1, 0.15) is 17.6 Å². The van der Waals surface area contributed by atoms with Crippen molar-refractivity contribution in [3.8, 4) is 5.75 Å². The summed E-state index contributed by atoms with van der Waals surface area (Å²) in [5.74, 6) is -1.42. The van der Waals surface area contributed by atoms with Gasteiger partial charge in [0.05, 0.1) is 36.4 Å². The highest BCUT2D eigenvalue weighted by atomic mass is 35.5. The molecule has 8 nitrogen and oxygen atoms in total. The zero-order valence-electron chi connectivity index (χ0n) is 21.1. The van der Waals surface area contributed by atoms with Gasteiger partial charge in [0.25, 0.3) is 5.91 Å². The van der Waals surface area contributed by atoms with Crippen LogP contribution in [0.25, 0.3) is 0 Å². The largest absolute Gasteiger partial charge is 0.495 e. The van der Waals surface area contributed by atoms with E-state index in [-0.39, 0.29) is 29.7 Å². The first-order chi connectivity index (χ1) is 18.7. The Morgan fingerprint density at radius 1 is 1.10 bits per heavy atom. The molecular weight excluding hydrogens is 545 g/mol. The summed E-state index contributed by atoms with van der Waals surface area (Å²) in [4.78, 5) is 41.4. The smallest absolute Gasteiger partial charge is 0.338 e. The van der Waals surface area contributed by atoms with Crippen LogP contribution in [0.2, 0.25) is 5.02 Å². The van der Waals surface area contributed by atoms with Gasteiger partial charge in [-0.1, -0.05) is 29.8 Å². The molecular formula is C28H25ClFN3O5S. The molecule has 1 fully saturated rings. The Balaban J connectivity index is 1.58. The minimum Gasteiger partial charge on any atom is -0.495 e. The number of anilines is 2. The summed E-state index contributed by atoms with van der Waals surface area (Å²) in [6.07, 6.45) is -0.257. The fraction of sp³-hybridized carbons (Fsp3) is 0.214. The van der Waals surface area contributed by atoms with Crippen molar-refractivity contribution in [3.05, 3.63) is 88.7 Å². The SMILES string of the molecule is CCOC(=O)c1ccc(NC(=O)C[C@H]2C(=O)N(c3ccc(OC)c(Cl)c3)C(=S)N2Cc2ccccc2F)cc1. The molecule has 3 aromatic carbocycles. The lowest BCUT2D eigenvalue weighted by Gasteiger charge is -2.24. The van der Waals surface area contributed by atoms with Crippen LogP contribution in [0.15, 0.2) is 66.7 Å². The van der Waals surface area contributed by atoms with Crippen molar-refractivity contribution >= 4 is 58.1 Å². The maximum atomic E-state index is 14.5.